The summed E-state index contributed by atoms with van der Waals surface area (Å²) >= 11 is 6.28. The first-order valence-electron chi connectivity index (χ1n) is 12.7. The van der Waals surface area contributed by atoms with Crippen molar-refractivity contribution in [2.45, 2.75) is 37.4 Å². The molecule has 0 aliphatic heterocycles. The Bertz CT molecular complexity index is 1430. The highest BCUT2D eigenvalue weighted by Crippen LogP contribution is 2.27. The highest BCUT2D eigenvalue weighted by molar-refractivity contribution is 7.89. The number of halogens is 1. The largest absolute Gasteiger partial charge is 0.492 e. The molecule has 1 unspecified atom stereocenters. The van der Waals surface area contributed by atoms with Gasteiger partial charge in [-0.1, -0.05) is 103 Å². The number of benzene rings is 4. The lowest BCUT2D eigenvalue weighted by molar-refractivity contribution is -0.134. The molecule has 0 saturated carbocycles. The Balaban J connectivity index is 1.67. The van der Waals surface area contributed by atoms with Gasteiger partial charge in [-0.2, -0.15) is 4.72 Å². The number of sulfonamides is 1. The third-order valence-electron chi connectivity index (χ3n) is 6.14. The van der Waals surface area contributed by atoms with Crippen molar-refractivity contribution in [3.05, 3.63) is 131 Å². The van der Waals surface area contributed by atoms with Crippen LogP contribution in [0.2, 0.25) is 5.02 Å². The number of nitrogens with zero attached hydrogens (tertiary/aromatic N) is 1. The normalized spacial score (nSPS) is 12.1. The molecule has 8 heteroatoms. The molecule has 0 fully saturated rings. The van der Waals surface area contributed by atoms with Crippen LogP contribution >= 0.6 is 11.6 Å². The fourth-order valence-electron chi connectivity index (χ4n) is 4.25. The van der Waals surface area contributed by atoms with Gasteiger partial charge in [0.05, 0.1) is 16.5 Å². The van der Waals surface area contributed by atoms with Gasteiger partial charge in [0.15, 0.2) is 0 Å². The average molecular weight is 563 g/mol. The van der Waals surface area contributed by atoms with Crippen molar-refractivity contribution in [1.82, 2.24) is 9.62 Å². The molecular weight excluding hydrogens is 532 g/mol. The first kappa shape index (κ1) is 28.4. The van der Waals surface area contributed by atoms with Crippen LogP contribution in [-0.4, -0.2) is 31.9 Å². The van der Waals surface area contributed by atoms with Crippen molar-refractivity contribution in [3.63, 3.8) is 0 Å². The summed E-state index contributed by atoms with van der Waals surface area (Å²) in [5, 5.41) is 0.181. The van der Waals surface area contributed by atoms with Crippen LogP contribution in [0.15, 0.2) is 114 Å². The van der Waals surface area contributed by atoms with Crippen molar-refractivity contribution in [2.24, 2.45) is 0 Å². The van der Waals surface area contributed by atoms with E-state index < -0.39 is 16.1 Å². The molecule has 4 aromatic rings. The van der Waals surface area contributed by atoms with Gasteiger partial charge >= 0.3 is 0 Å². The van der Waals surface area contributed by atoms with Crippen LogP contribution in [0.1, 0.15) is 23.6 Å². The molecule has 0 spiro atoms. The van der Waals surface area contributed by atoms with Gasteiger partial charge in [0, 0.05) is 13.1 Å². The van der Waals surface area contributed by atoms with E-state index >= 15 is 0 Å². The number of hydrogen-bond donors (Lipinski definition) is 1. The number of ether oxygens (including phenoxy) is 1. The first-order valence-corrected chi connectivity index (χ1v) is 14.6. The molecule has 4 aromatic carbocycles. The number of nitrogens with one attached hydrogen (secondary N) is 1. The molecule has 4 rings (SSSR count). The van der Waals surface area contributed by atoms with Crippen molar-refractivity contribution < 1.29 is 17.9 Å². The first-order chi connectivity index (χ1) is 18.9. The van der Waals surface area contributed by atoms with E-state index in [0.717, 1.165) is 16.7 Å². The van der Waals surface area contributed by atoms with E-state index in [1.165, 1.54) is 18.2 Å². The Kier molecular flexibility index (Phi) is 9.76. The number of hydrogen-bond acceptors (Lipinski definition) is 4. The van der Waals surface area contributed by atoms with Gasteiger partial charge in [0.2, 0.25) is 15.9 Å². The molecule has 0 aliphatic rings. The van der Waals surface area contributed by atoms with Crippen LogP contribution in [0, 0.1) is 0 Å². The van der Waals surface area contributed by atoms with E-state index in [2.05, 4.69) is 4.72 Å². The Hall–Kier alpha value is -3.65. The average Bonchev–Trinajstić information content (AvgIpc) is 2.95. The summed E-state index contributed by atoms with van der Waals surface area (Å²) < 4.78 is 35.1. The summed E-state index contributed by atoms with van der Waals surface area (Å²) in [5.74, 6) is 0.0686. The Morgan fingerprint density at radius 2 is 1.33 bits per heavy atom. The molecule has 0 aliphatic carbocycles. The van der Waals surface area contributed by atoms with Crippen molar-refractivity contribution >= 4 is 27.5 Å². The fraction of sp³-hybridized carbons (Fsp3) is 0.194. The Labute approximate surface area is 235 Å². The van der Waals surface area contributed by atoms with E-state index in [0.29, 0.717) is 25.4 Å². The molecule has 0 heterocycles. The summed E-state index contributed by atoms with van der Waals surface area (Å²) in [6, 6.07) is 31.9. The minimum absolute atomic E-state index is 0.0421. The van der Waals surface area contributed by atoms with Gasteiger partial charge in [-0.3, -0.25) is 4.79 Å². The van der Waals surface area contributed by atoms with Crippen LogP contribution in [-0.2, 0) is 34.3 Å². The highest BCUT2D eigenvalue weighted by Gasteiger charge is 2.30. The van der Waals surface area contributed by atoms with E-state index in [-0.39, 0.29) is 22.2 Å². The summed E-state index contributed by atoms with van der Waals surface area (Å²) in [6.45, 7) is 2.88. The molecule has 1 amide bonds. The van der Waals surface area contributed by atoms with Gasteiger partial charge in [0.1, 0.15) is 11.8 Å². The minimum Gasteiger partial charge on any atom is -0.492 e. The molecule has 1 N–H and O–H groups in total. The summed E-state index contributed by atoms with van der Waals surface area (Å²) in [6.07, 6.45) is 0.184. The lowest BCUT2D eigenvalue weighted by atomic mass is 10.0. The maximum absolute atomic E-state index is 14.1. The summed E-state index contributed by atoms with van der Waals surface area (Å²) in [7, 11) is -4.10. The SMILES string of the molecule is CCOc1ccc(S(=O)(=O)NC(Cc2ccccc2)C(=O)N(Cc2ccccc2)Cc2ccccc2)cc1Cl. The molecule has 0 bridgehead atoms. The molecule has 1 atom stereocenters. The third kappa shape index (κ3) is 7.93. The Morgan fingerprint density at radius 1 is 0.821 bits per heavy atom. The standard InChI is InChI=1S/C31H31ClN2O4S/c1-2-38-30-19-18-27(21-28(30)32)39(36,37)33-29(20-24-12-6-3-7-13-24)31(35)34(22-25-14-8-4-9-15-25)23-26-16-10-5-11-17-26/h3-19,21,29,33H,2,20,22-23H2,1H3. The zero-order chi connectivity index (χ0) is 27.7. The zero-order valence-corrected chi connectivity index (χ0v) is 23.2. The molecule has 39 heavy (non-hydrogen) atoms. The van der Waals surface area contributed by atoms with Gasteiger partial charge in [0.25, 0.3) is 0 Å². The number of amides is 1. The van der Waals surface area contributed by atoms with E-state index in [1.807, 2.05) is 97.9 Å². The summed E-state index contributed by atoms with van der Waals surface area (Å²) in [4.78, 5) is 15.8. The monoisotopic (exact) mass is 562 g/mol. The molecular formula is C31H31ClN2O4S. The number of rotatable bonds is 12. The predicted octanol–water partition coefficient (Wildman–Crippen LogP) is 5.86. The molecule has 6 nitrogen and oxygen atoms in total. The zero-order valence-electron chi connectivity index (χ0n) is 21.7. The maximum Gasteiger partial charge on any atom is 0.241 e. The fourth-order valence-corrected chi connectivity index (χ4v) is 5.76. The van der Waals surface area contributed by atoms with Gasteiger partial charge in [-0.15, -0.1) is 0 Å². The van der Waals surface area contributed by atoms with Crippen LogP contribution in [0.3, 0.4) is 0 Å². The van der Waals surface area contributed by atoms with Crippen molar-refractivity contribution in [2.75, 3.05) is 6.61 Å². The van der Waals surface area contributed by atoms with Crippen LogP contribution in [0.25, 0.3) is 0 Å². The lowest BCUT2D eigenvalue weighted by Gasteiger charge is -2.28. The van der Waals surface area contributed by atoms with Crippen LogP contribution < -0.4 is 9.46 Å². The smallest absolute Gasteiger partial charge is 0.241 e. The minimum atomic E-state index is -4.10. The van der Waals surface area contributed by atoms with Gasteiger partial charge in [-0.05, 0) is 48.2 Å². The predicted molar refractivity (Wildman–Crippen MR) is 154 cm³/mol. The van der Waals surface area contributed by atoms with Crippen molar-refractivity contribution in [1.29, 1.82) is 0 Å². The topological polar surface area (TPSA) is 75.7 Å². The second-order valence-electron chi connectivity index (χ2n) is 9.05. The lowest BCUT2D eigenvalue weighted by Crippen LogP contribution is -2.49. The van der Waals surface area contributed by atoms with Crippen molar-refractivity contribution in [3.8, 4) is 5.75 Å². The van der Waals surface area contributed by atoms with E-state index in [4.69, 9.17) is 16.3 Å². The number of carbonyl (C=O) groups excluding carboxylic acids is 1. The highest BCUT2D eigenvalue weighted by atomic mass is 35.5. The molecule has 0 aromatic heterocycles. The molecule has 0 saturated heterocycles. The van der Waals surface area contributed by atoms with Gasteiger partial charge in [-0.25, -0.2) is 8.42 Å². The number of carbonyl (C=O) groups is 1. The van der Waals surface area contributed by atoms with Crippen LogP contribution in [0.5, 0.6) is 5.75 Å². The Morgan fingerprint density at radius 3 is 1.82 bits per heavy atom. The third-order valence-corrected chi connectivity index (χ3v) is 7.90. The summed E-state index contributed by atoms with van der Waals surface area (Å²) in [5.41, 5.74) is 2.73. The second-order valence-corrected chi connectivity index (χ2v) is 11.2. The van der Waals surface area contributed by atoms with E-state index in [1.54, 1.807) is 4.90 Å². The van der Waals surface area contributed by atoms with Gasteiger partial charge < -0.3 is 9.64 Å². The quantitative estimate of drug-likeness (QED) is 0.235. The van der Waals surface area contributed by atoms with E-state index in [9.17, 15) is 13.2 Å². The maximum atomic E-state index is 14.1. The molecule has 0 radical (unpaired) electrons. The molecule has 202 valence electrons. The second kappa shape index (κ2) is 13.4. The van der Waals surface area contributed by atoms with Crippen LogP contribution in [0.4, 0.5) is 0 Å².